The highest BCUT2D eigenvalue weighted by Crippen LogP contribution is 2.22. The molecule has 122 valence electrons. The minimum atomic E-state index is -0.726. The summed E-state index contributed by atoms with van der Waals surface area (Å²) in [7, 11) is 1.24. The lowest BCUT2D eigenvalue weighted by atomic mass is 10.0. The van der Waals surface area contributed by atoms with E-state index >= 15 is 0 Å². The molecule has 0 fully saturated rings. The van der Waals surface area contributed by atoms with Crippen LogP contribution in [0.2, 0.25) is 5.02 Å². The van der Waals surface area contributed by atoms with E-state index in [0.717, 1.165) is 0 Å². The number of hydrogen-bond donors (Lipinski definition) is 2. The molecule has 1 aromatic rings. The molecule has 22 heavy (non-hydrogen) atoms. The zero-order valence-corrected chi connectivity index (χ0v) is 13.7. The van der Waals surface area contributed by atoms with Gasteiger partial charge < -0.3 is 19.9 Å². The zero-order valence-electron chi connectivity index (χ0n) is 13.0. The van der Waals surface area contributed by atoms with Gasteiger partial charge >= 0.3 is 12.1 Å². The molecule has 0 radical (unpaired) electrons. The number of amides is 1. The summed E-state index contributed by atoms with van der Waals surface area (Å²) in [6.45, 7) is 4.84. The van der Waals surface area contributed by atoms with Gasteiger partial charge in [0.15, 0.2) is 0 Å². The molecule has 6 nitrogen and oxygen atoms in total. The monoisotopic (exact) mass is 329 g/mol. The highest BCUT2D eigenvalue weighted by atomic mass is 35.5. The van der Waals surface area contributed by atoms with E-state index in [2.05, 4.69) is 10.1 Å². The van der Waals surface area contributed by atoms with Crippen LogP contribution < -0.4 is 5.32 Å². The van der Waals surface area contributed by atoms with Crippen LogP contribution in [0.15, 0.2) is 18.2 Å². The van der Waals surface area contributed by atoms with Gasteiger partial charge in [0.05, 0.1) is 30.3 Å². The molecule has 0 aromatic heterocycles. The lowest BCUT2D eigenvalue weighted by molar-refractivity contribution is 0.0481. The number of hydrogen-bond acceptors (Lipinski definition) is 5. The van der Waals surface area contributed by atoms with Crippen molar-refractivity contribution in [3.8, 4) is 0 Å². The minimum Gasteiger partial charge on any atom is -0.465 e. The summed E-state index contributed by atoms with van der Waals surface area (Å²) >= 11 is 5.94. The van der Waals surface area contributed by atoms with Crippen molar-refractivity contribution < 1.29 is 24.2 Å². The highest BCUT2D eigenvalue weighted by molar-refractivity contribution is 6.33. The van der Waals surface area contributed by atoms with Gasteiger partial charge in [-0.3, -0.25) is 0 Å². The lowest BCUT2D eigenvalue weighted by Gasteiger charge is -2.23. The van der Waals surface area contributed by atoms with Crippen LogP contribution in [0.5, 0.6) is 0 Å². The second kappa shape index (κ2) is 7.47. The molecule has 1 aromatic carbocycles. The van der Waals surface area contributed by atoms with E-state index in [1.807, 2.05) is 0 Å². The van der Waals surface area contributed by atoms with Crippen molar-refractivity contribution in [1.29, 1.82) is 0 Å². The normalized spacial score (nSPS) is 12.5. The summed E-state index contributed by atoms with van der Waals surface area (Å²) in [6.07, 6.45) is -0.666. The van der Waals surface area contributed by atoms with Crippen LogP contribution in [0, 0.1) is 0 Å². The molecule has 0 heterocycles. The molecule has 0 unspecified atom stereocenters. The Kier molecular flexibility index (Phi) is 6.20. The number of rotatable bonds is 4. The SMILES string of the molecule is COC(=O)c1cc([C@H](CO)NC(=O)OC(C)(C)C)ccc1Cl. The fraction of sp³-hybridized carbons (Fsp3) is 0.467. The molecule has 2 N–H and O–H groups in total. The number of aliphatic hydroxyl groups excluding tert-OH is 1. The van der Waals surface area contributed by atoms with E-state index in [9.17, 15) is 14.7 Å². The number of carbonyl (C=O) groups excluding carboxylic acids is 2. The van der Waals surface area contributed by atoms with Crippen LogP contribution >= 0.6 is 11.6 Å². The average molecular weight is 330 g/mol. The molecule has 1 atom stereocenters. The number of halogens is 1. The van der Waals surface area contributed by atoms with Crippen molar-refractivity contribution in [2.45, 2.75) is 32.4 Å². The molecule has 1 amide bonds. The fourth-order valence-electron chi connectivity index (χ4n) is 1.71. The number of aliphatic hydroxyl groups is 1. The average Bonchev–Trinajstić information content (AvgIpc) is 2.42. The number of nitrogens with one attached hydrogen (secondary N) is 1. The molecule has 0 aliphatic heterocycles. The third-order valence-electron chi connectivity index (χ3n) is 2.67. The fourth-order valence-corrected chi connectivity index (χ4v) is 1.90. The topological polar surface area (TPSA) is 84.9 Å². The van der Waals surface area contributed by atoms with Crippen molar-refractivity contribution in [2.75, 3.05) is 13.7 Å². The van der Waals surface area contributed by atoms with E-state index in [0.29, 0.717) is 5.56 Å². The number of carbonyl (C=O) groups is 2. The predicted molar refractivity (Wildman–Crippen MR) is 82.0 cm³/mol. The van der Waals surface area contributed by atoms with E-state index in [1.54, 1.807) is 26.8 Å². The first kappa shape index (κ1) is 18.3. The third-order valence-corrected chi connectivity index (χ3v) is 3.00. The lowest BCUT2D eigenvalue weighted by Crippen LogP contribution is -2.36. The number of methoxy groups -OCH3 is 1. The van der Waals surface area contributed by atoms with E-state index < -0.39 is 23.7 Å². The first-order chi connectivity index (χ1) is 10.2. The smallest absolute Gasteiger partial charge is 0.408 e. The van der Waals surface area contributed by atoms with Crippen LogP contribution in [-0.2, 0) is 9.47 Å². The molecule has 0 aliphatic rings. The summed E-state index contributed by atoms with van der Waals surface area (Å²) in [6, 6.07) is 3.85. The number of esters is 1. The van der Waals surface area contributed by atoms with Gasteiger partial charge in [-0.2, -0.15) is 0 Å². The van der Waals surface area contributed by atoms with Crippen LogP contribution in [0.4, 0.5) is 4.79 Å². The summed E-state index contributed by atoms with van der Waals surface area (Å²) in [5.41, 5.74) is 0.0191. The van der Waals surface area contributed by atoms with Crippen molar-refractivity contribution in [3.63, 3.8) is 0 Å². The Bertz CT molecular complexity index is 553. The van der Waals surface area contributed by atoms with Crippen LogP contribution in [0.3, 0.4) is 0 Å². The number of alkyl carbamates (subject to hydrolysis) is 1. The van der Waals surface area contributed by atoms with Gasteiger partial charge in [0.1, 0.15) is 5.60 Å². The molecule has 1 rings (SSSR count). The summed E-state index contributed by atoms with van der Waals surface area (Å²) < 4.78 is 9.77. The maximum atomic E-state index is 11.8. The largest absolute Gasteiger partial charge is 0.465 e. The Morgan fingerprint density at radius 1 is 1.36 bits per heavy atom. The van der Waals surface area contributed by atoms with Crippen molar-refractivity contribution in [3.05, 3.63) is 34.3 Å². The van der Waals surface area contributed by atoms with Crippen molar-refractivity contribution in [1.82, 2.24) is 5.32 Å². The Morgan fingerprint density at radius 3 is 2.50 bits per heavy atom. The van der Waals surface area contributed by atoms with Gasteiger partial charge in [-0.1, -0.05) is 17.7 Å². The first-order valence-electron chi connectivity index (χ1n) is 6.66. The zero-order chi connectivity index (χ0) is 16.9. The van der Waals surface area contributed by atoms with Gasteiger partial charge in [0.25, 0.3) is 0 Å². The Labute approximate surface area is 134 Å². The van der Waals surface area contributed by atoms with E-state index in [-0.39, 0.29) is 17.2 Å². The van der Waals surface area contributed by atoms with Gasteiger partial charge in [0.2, 0.25) is 0 Å². The van der Waals surface area contributed by atoms with Gasteiger partial charge in [0, 0.05) is 0 Å². The second-order valence-electron chi connectivity index (χ2n) is 5.61. The van der Waals surface area contributed by atoms with Crippen LogP contribution in [0.1, 0.15) is 42.7 Å². The molecule has 0 aliphatic carbocycles. The van der Waals surface area contributed by atoms with E-state index in [4.69, 9.17) is 16.3 Å². The predicted octanol–water partition coefficient (Wildman–Crippen LogP) is 2.68. The van der Waals surface area contributed by atoms with Crippen LogP contribution in [-0.4, -0.2) is 36.5 Å². The summed E-state index contributed by atoms with van der Waals surface area (Å²) in [5, 5.41) is 12.2. The first-order valence-corrected chi connectivity index (χ1v) is 7.04. The standard InChI is InChI=1S/C15H20ClNO5/c1-15(2,3)22-14(20)17-12(8-18)9-5-6-11(16)10(7-9)13(19)21-4/h5-7,12,18H,8H2,1-4H3,(H,17,20)/t12-/m0/s1. The molecule has 0 bridgehead atoms. The molecule has 0 spiro atoms. The van der Waals surface area contributed by atoms with Gasteiger partial charge in [-0.05, 0) is 38.5 Å². The minimum absolute atomic E-state index is 0.158. The summed E-state index contributed by atoms with van der Waals surface area (Å²) in [5.74, 6) is -0.596. The molecular weight excluding hydrogens is 310 g/mol. The number of ether oxygens (including phenoxy) is 2. The van der Waals surface area contributed by atoms with Crippen molar-refractivity contribution >= 4 is 23.7 Å². The molecule has 0 saturated carbocycles. The van der Waals surface area contributed by atoms with E-state index in [1.165, 1.54) is 19.2 Å². The maximum Gasteiger partial charge on any atom is 0.408 e. The molecular formula is C15H20ClNO5. The quantitative estimate of drug-likeness (QED) is 0.830. The Hall–Kier alpha value is -1.79. The Morgan fingerprint density at radius 2 is 2.00 bits per heavy atom. The Balaban J connectivity index is 2.96. The van der Waals surface area contributed by atoms with Gasteiger partial charge in [-0.15, -0.1) is 0 Å². The highest BCUT2D eigenvalue weighted by Gasteiger charge is 2.21. The molecule has 0 saturated heterocycles. The van der Waals surface area contributed by atoms with Gasteiger partial charge in [-0.25, -0.2) is 9.59 Å². The number of benzene rings is 1. The van der Waals surface area contributed by atoms with Crippen LogP contribution in [0.25, 0.3) is 0 Å². The second-order valence-corrected chi connectivity index (χ2v) is 6.02. The summed E-state index contributed by atoms with van der Waals surface area (Å²) in [4.78, 5) is 23.4. The maximum absolute atomic E-state index is 11.8. The molecule has 7 heteroatoms. The van der Waals surface area contributed by atoms with Crippen molar-refractivity contribution in [2.24, 2.45) is 0 Å². The third kappa shape index (κ3) is 5.20.